The van der Waals surface area contributed by atoms with E-state index in [1.807, 2.05) is 20.8 Å². The molecule has 1 unspecified atom stereocenters. The van der Waals surface area contributed by atoms with Crippen molar-refractivity contribution in [1.82, 2.24) is 15.6 Å². The van der Waals surface area contributed by atoms with E-state index in [-0.39, 0.29) is 11.9 Å². The molecule has 15 heavy (non-hydrogen) atoms. The van der Waals surface area contributed by atoms with Gasteiger partial charge >= 0.3 is 0 Å². The van der Waals surface area contributed by atoms with Crippen molar-refractivity contribution < 1.29 is 4.79 Å². The predicted molar refractivity (Wildman–Crippen MR) is 62.1 cm³/mol. The van der Waals surface area contributed by atoms with Crippen molar-refractivity contribution >= 4 is 17.2 Å². The molecule has 1 aromatic rings. The Bertz CT molecular complexity index is 348. The zero-order chi connectivity index (χ0) is 11.4. The summed E-state index contributed by atoms with van der Waals surface area (Å²) in [5.41, 5.74) is 1.05. The van der Waals surface area contributed by atoms with Gasteiger partial charge in [0.15, 0.2) is 0 Å². The fourth-order valence-corrected chi connectivity index (χ4v) is 2.33. The van der Waals surface area contributed by atoms with Gasteiger partial charge in [0.25, 0.3) is 0 Å². The van der Waals surface area contributed by atoms with Crippen LogP contribution in [0.5, 0.6) is 0 Å². The summed E-state index contributed by atoms with van der Waals surface area (Å²) >= 11 is 1.68. The Labute approximate surface area is 94.1 Å². The standard InChI is InChI=1S/C10H17N3OS/c1-6(12-5-9(14)11-4)10-7(2)13-8(3)15-10/h6,12H,5H2,1-4H3,(H,11,14). The fourth-order valence-electron chi connectivity index (χ4n) is 1.38. The van der Waals surface area contributed by atoms with Crippen LogP contribution in [0.1, 0.15) is 28.5 Å². The van der Waals surface area contributed by atoms with Crippen molar-refractivity contribution in [2.24, 2.45) is 0 Å². The number of amides is 1. The van der Waals surface area contributed by atoms with Gasteiger partial charge in [-0.25, -0.2) is 4.98 Å². The van der Waals surface area contributed by atoms with E-state index < -0.39 is 0 Å². The van der Waals surface area contributed by atoms with Gasteiger partial charge in [-0.2, -0.15) is 0 Å². The molecule has 1 aromatic heterocycles. The monoisotopic (exact) mass is 227 g/mol. The van der Waals surface area contributed by atoms with Gasteiger partial charge in [-0.3, -0.25) is 4.79 Å². The highest BCUT2D eigenvalue weighted by Gasteiger charge is 2.12. The van der Waals surface area contributed by atoms with Crippen LogP contribution in [0.3, 0.4) is 0 Å². The van der Waals surface area contributed by atoms with E-state index in [2.05, 4.69) is 15.6 Å². The molecule has 0 fully saturated rings. The molecule has 84 valence electrons. The first-order valence-corrected chi connectivity index (χ1v) is 5.74. The van der Waals surface area contributed by atoms with Gasteiger partial charge in [-0.15, -0.1) is 11.3 Å². The number of hydrogen-bond donors (Lipinski definition) is 2. The fraction of sp³-hybridized carbons (Fsp3) is 0.600. The number of nitrogens with zero attached hydrogens (tertiary/aromatic N) is 1. The Morgan fingerprint density at radius 3 is 2.67 bits per heavy atom. The Hall–Kier alpha value is -0.940. The summed E-state index contributed by atoms with van der Waals surface area (Å²) in [4.78, 5) is 16.6. The lowest BCUT2D eigenvalue weighted by Gasteiger charge is -2.11. The second kappa shape index (κ2) is 5.23. The molecular formula is C10H17N3OS. The number of nitrogens with one attached hydrogen (secondary N) is 2. The molecular weight excluding hydrogens is 210 g/mol. The maximum Gasteiger partial charge on any atom is 0.233 e. The molecule has 1 rings (SSSR count). The van der Waals surface area contributed by atoms with E-state index >= 15 is 0 Å². The van der Waals surface area contributed by atoms with Crippen LogP contribution < -0.4 is 10.6 Å². The van der Waals surface area contributed by atoms with Crippen LogP contribution in [0.15, 0.2) is 0 Å². The molecule has 2 N–H and O–H groups in total. The molecule has 0 aromatic carbocycles. The van der Waals surface area contributed by atoms with Crippen LogP contribution in [-0.2, 0) is 4.79 Å². The number of aromatic nitrogens is 1. The van der Waals surface area contributed by atoms with E-state index in [9.17, 15) is 4.79 Å². The smallest absolute Gasteiger partial charge is 0.233 e. The van der Waals surface area contributed by atoms with E-state index in [0.717, 1.165) is 10.7 Å². The number of likely N-dealkylation sites (N-methyl/N-ethyl adjacent to an activating group) is 1. The third-order valence-corrected chi connectivity index (χ3v) is 3.44. The molecule has 1 heterocycles. The number of carbonyl (C=O) groups excluding carboxylic acids is 1. The van der Waals surface area contributed by atoms with Gasteiger partial charge in [0.2, 0.25) is 5.91 Å². The molecule has 0 spiro atoms. The second-order valence-electron chi connectivity index (χ2n) is 3.46. The van der Waals surface area contributed by atoms with Crippen molar-refractivity contribution in [1.29, 1.82) is 0 Å². The Morgan fingerprint density at radius 2 is 2.20 bits per heavy atom. The van der Waals surface area contributed by atoms with Crippen molar-refractivity contribution in [2.75, 3.05) is 13.6 Å². The van der Waals surface area contributed by atoms with Gasteiger partial charge in [-0.05, 0) is 20.8 Å². The topological polar surface area (TPSA) is 54.0 Å². The third kappa shape index (κ3) is 3.28. The summed E-state index contributed by atoms with van der Waals surface area (Å²) in [7, 11) is 1.64. The normalized spacial score (nSPS) is 12.5. The van der Waals surface area contributed by atoms with E-state index in [1.54, 1.807) is 18.4 Å². The van der Waals surface area contributed by atoms with E-state index in [0.29, 0.717) is 6.54 Å². The number of aryl methyl sites for hydroxylation is 2. The first-order chi connectivity index (χ1) is 7.04. The number of rotatable bonds is 4. The molecule has 0 bridgehead atoms. The lowest BCUT2D eigenvalue weighted by Crippen LogP contribution is -2.32. The van der Waals surface area contributed by atoms with Crippen LogP contribution in [0.25, 0.3) is 0 Å². The highest BCUT2D eigenvalue weighted by molar-refractivity contribution is 7.11. The molecule has 1 atom stereocenters. The molecule has 0 aliphatic heterocycles. The van der Waals surface area contributed by atoms with Crippen LogP contribution in [0.4, 0.5) is 0 Å². The zero-order valence-electron chi connectivity index (χ0n) is 9.55. The van der Waals surface area contributed by atoms with Crippen molar-refractivity contribution in [3.8, 4) is 0 Å². The minimum Gasteiger partial charge on any atom is -0.358 e. The third-order valence-electron chi connectivity index (χ3n) is 2.18. The second-order valence-corrected chi connectivity index (χ2v) is 4.69. The summed E-state index contributed by atoms with van der Waals surface area (Å²) in [6.07, 6.45) is 0. The maximum atomic E-state index is 11.1. The minimum absolute atomic E-state index is 0.000685. The Morgan fingerprint density at radius 1 is 1.53 bits per heavy atom. The Balaban J connectivity index is 2.57. The summed E-state index contributed by atoms with van der Waals surface area (Å²) in [6.45, 7) is 6.38. The lowest BCUT2D eigenvalue weighted by molar-refractivity contribution is -0.119. The molecule has 0 saturated carbocycles. The molecule has 5 heteroatoms. The van der Waals surface area contributed by atoms with Gasteiger partial charge < -0.3 is 10.6 Å². The first-order valence-electron chi connectivity index (χ1n) is 4.92. The van der Waals surface area contributed by atoms with E-state index in [4.69, 9.17) is 0 Å². The summed E-state index contributed by atoms with van der Waals surface area (Å²) in [5.74, 6) is 0.000685. The van der Waals surface area contributed by atoms with Crippen LogP contribution in [0.2, 0.25) is 0 Å². The van der Waals surface area contributed by atoms with Gasteiger partial charge in [0.05, 0.1) is 17.2 Å². The average Bonchev–Trinajstić information content (AvgIpc) is 2.53. The van der Waals surface area contributed by atoms with Gasteiger partial charge in [0, 0.05) is 18.0 Å². The summed E-state index contributed by atoms with van der Waals surface area (Å²) in [5, 5.41) is 6.81. The number of carbonyl (C=O) groups is 1. The molecule has 1 amide bonds. The number of hydrogen-bond acceptors (Lipinski definition) is 4. The highest BCUT2D eigenvalue weighted by atomic mass is 32.1. The first kappa shape index (κ1) is 12.1. The summed E-state index contributed by atoms with van der Waals surface area (Å²) < 4.78 is 0. The maximum absolute atomic E-state index is 11.1. The molecule has 0 aliphatic carbocycles. The molecule has 0 radical (unpaired) electrons. The predicted octanol–water partition coefficient (Wildman–Crippen LogP) is 1.16. The largest absolute Gasteiger partial charge is 0.358 e. The van der Waals surface area contributed by atoms with Gasteiger partial charge in [0.1, 0.15) is 0 Å². The SMILES string of the molecule is CNC(=O)CNC(C)c1sc(C)nc1C. The molecule has 4 nitrogen and oxygen atoms in total. The lowest BCUT2D eigenvalue weighted by atomic mass is 10.2. The van der Waals surface area contributed by atoms with Crippen molar-refractivity contribution in [2.45, 2.75) is 26.8 Å². The number of thiazole rings is 1. The van der Waals surface area contributed by atoms with Gasteiger partial charge in [-0.1, -0.05) is 0 Å². The quantitative estimate of drug-likeness (QED) is 0.811. The van der Waals surface area contributed by atoms with E-state index in [1.165, 1.54) is 4.88 Å². The van der Waals surface area contributed by atoms with Crippen LogP contribution in [-0.4, -0.2) is 24.5 Å². The van der Waals surface area contributed by atoms with Crippen LogP contribution in [0, 0.1) is 13.8 Å². The zero-order valence-corrected chi connectivity index (χ0v) is 10.4. The van der Waals surface area contributed by atoms with Crippen LogP contribution >= 0.6 is 11.3 Å². The molecule has 0 aliphatic rings. The average molecular weight is 227 g/mol. The highest BCUT2D eigenvalue weighted by Crippen LogP contribution is 2.23. The Kier molecular flexibility index (Phi) is 4.23. The minimum atomic E-state index is 0.000685. The molecule has 0 saturated heterocycles. The summed E-state index contributed by atoms with van der Waals surface area (Å²) in [6, 6.07) is 0.175. The van der Waals surface area contributed by atoms with Crippen molar-refractivity contribution in [3.05, 3.63) is 15.6 Å². The van der Waals surface area contributed by atoms with Crippen molar-refractivity contribution in [3.63, 3.8) is 0 Å².